The van der Waals surface area contributed by atoms with E-state index in [1.54, 1.807) is 0 Å². The summed E-state index contributed by atoms with van der Waals surface area (Å²) in [5.74, 6) is 0.266. The van der Waals surface area contributed by atoms with Crippen molar-refractivity contribution in [1.82, 2.24) is 15.5 Å². The van der Waals surface area contributed by atoms with Gasteiger partial charge >= 0.3 is 0 Å². The largest absolute Gasteiger partial charge is 0.349 e. The molecule has 1 saturated carbocycles. The topological polar surface area (TPSA) is 54.9 Å². The number of aromatic nitrogens is 2. The van der Waals surface area contributed by atoms with E-state index in [1.165, 1.54) is 12.5 Å². The van der Waals surface area contributed by atoms with Crippen molar-refractivity contribution in [2.75, 3.05) is 0 Å². The molecule has 1 aliphatic rings. The first-order valence-corrected chi connectivity index (χ1v) is 6.83. The Hall–Kier alpha value is -0.870. The van der Waals surface area contributed by atoms with Crippen LogP contribution < -0.4 is 5.32 Å². The number of hydrogen-bond donors (Lipinski definition) is 1. The molecule has 0 aromatic carbocycles. The minimum Gasteiger partial charge on any atom is -0.349 e. The van der Waals surface area contributed by atoms with E-state index in [0.717, 1.165) is 19.3 Å². The molecule has 2 atom stereocenters. The molecular weight excluding hydrogens is 273 g/mol. The maximum Gasteiger partial charge on any atom is 0.254 e. The molecule has 1 amide bonds. The van der Waals surface area contributed by atoms with Gasteiger partial charge in [0.05, 0.1) is 5.56 Å². The fraction of sp³-hybridized carbons (Fsp3) is 0.583. The number of nitrogens with one attached hydrogen (secondary N) is 1. The lowest BCUT2D eigenvalue weighted by Crippen LogP contribution is -2.41. The highest BCUT2D eigenvalue weighted by Crippen LogP contribution is 2.24. The first-order chi connectivity index (χ1) is 8.58. The predicted molar refractivity (Wildman–Crippen MR) is 70.9 cm³/mol. The average Bonchev–Trinajstić information content (AvgIpc) is 2.35. The predicted octanol–water partition coefficient (Wildman–Crippen LogP) is 3.09. The van der Waals surface area contributed by atoms with E-state index < -0.39 is 0 Å². The van der Waals surface area contributed by atoms with E-state index >= 15 is 0 Å². The van der Waals surface area contributed by atoms with Crippen molar-refractivity contribution >= 4 is 29.1 Å². The first kappa shape index (κ1) is 13.6. The van der Waals surface area contributed by atoms with Crippen LogP contribution in [0.2, 0.25) is 10.3 Å². The second-order valence-corrected chi connectivity index (χ2v) is 5.46. The van der Waals surface area contributed by atoms with Crippen LogP contribution in [0.1, 0.15) is 43.0 Å². The van der Waals surface area contributed by atoms with Crippen LogP contribution in [0.25, 0.3) is 0 Å². The van der Waals surface area contributed by atoms with Crippen molar-refractivity contribution in [3.05, 3.63) is 21.9 Å². The van der Waals surface area contributed by atoms with E-state index in [9.17, 15) is 4.79 Å². The molecule has 0 saturated heterocycles. The van der Waals surface area contributed by atoms with Gasteiger partial charge in [-0.1, -0.05) is 43.0 Å². The summed E-state index contributed by atoms with van der Waals surface area (Å²) in [7, 11) is 0. The van der Waals surface area contributed by atoms with Gasteiger partial charge in [0.15, 0.2) is 10.3 Å². The Balaban J connectivity index is 2.09. The molecule has 18 heavy (non-hydrogen) atoms. The number of carbonyl (C=O) groups excluding carboxylic acids is 1. The van der Waals surface area contributed by atoms with Gasteiger partial charge in [-0.3, -0.25) is 4.79 Å². The van der Waals surface area contributed by atoms with Crippen molar-refractivity contribution in [2.45, 2.75) is 38.6 Å². The molecule has 4 nitrogen and oxygen atoms in total. The summed E-state index contributed by atoms with van der Waals surface area (Å²) in [6.07, 6.45) is 4.54. The van der Waals surface area contributed by atoms with E-state index in [1.807, 2.05) is 0 Å². The number of rotatable bonds is 2. The van der Waals surface area contributed by atoms with Gasteiger partial charge in [-0.15, -0.1) is 10.2 Å². The van der Waals surface area contributed by atoms with Crippen LogP contribution in [0, 0.1) is 5.92 Å². The van der Waals surface area contributed by atoms with Gasteiger partial charge in [-0.05, 0) is 24.8 Å². The third kappa shape index (κ3) is 3.12. The van der Waals surface area contributed by atoms with E-state index in [4.69, 9.17) is 23.2 Å². The highest BCUT2D eigenvalue weighted by Gasteiger charge is 2.24. The Morgan fingerprint density at radius 1 is 1.33 bits per heavy atom. The van der Waals surface area contributed by atoms with Crippen molar-refractivity contribution in [2.24, 2.45) is 5.92 Å². The Morgan fingerprint density at radius 3 is 2.78 bits per heavy atom. The zero-order chi connectivity index (χ0) is 13.1. The van der Waals surface area contributed by atoms with Crippen LogP contribution in [-0.4, -0.2) is 22.1 Å². The summed E-state index contributed by atoms with van der Waals surface area (Å²) in [6.45, 7) is 2.16. The fourth-order valence-electron chi connectivity index (χ4n) is 2.29. The quantitative estimate of drug-likeness (QED) is 0.909. The number of halogens is 2. The maximum atomic E-state index is 12.1. The molecule has 0 bridgehead atoms. The smallest absolute Gasteiger partial charge is 0.254 e. The SMILES string of the molecule is CC1CCCCC1NC(=O)c1cc(Cl)nnc1Cl. The second kappa shape index (κ2) is 5.85. The third-order valence-corrected chi connectivity index (χ3v) is 3.86. The molecule has 1 aromatic rings. The van der Waals surface area contributed by atoms with Gasteiger partial charge in [0.1, 0.15) is 0 Å². The van der Waals surface area contributed by atoms with Crippen molar-refractivity contribution in [1.29, 1.82) is 0 Å². The molecule has 0 spiro atoms. The molecule has 2 unspecified atom stereocenters. The highest BCUT2D eigenvalue weighted by molar-refractivity contribution is 6.34. The van der Waals surface area contributed by atoms with E-state index in [0.29, 0.717) is 5.92 Å². The van der Waals surface area contributed by atoms with Crippen LogP contribution in [0.3, 0.4) is 0 Å². The highest BCUT2D eigenvalue weighted by atomic mass is 35.5. The van der Waals surface area contributed by atoms with Crippen LogP contribution in [0.5, 0.6) is 0 Å². The Morgan fingerprint density at radius 2 is 2.06 bits per heavy atom. The van der Waals surface area contributed by atoms with Gasteiger partial charge in [0, 0.05) is 6.04 Å². The Kier molecular flexibility index (Phi) is 4.40. The molecule has 1 fully saturated rings. The van der Waals surface area contributed by atoms with Gasteiger partial charge in [0.25, 0.3) is 5.91 Å². The molecule has 0 aliphatic heterocycles. The zero-order valence-corrected chi connectivity index (χ0v) is 11.6. The van der Waals surface area contributed by atoms with Gasteiger partial charge in [-0.25, -0.2) is 0 Å². The standard InChI is InChI=1S/C12H15Cl2N3O/c1-7-4-2-3-5-9(7)15-12(18)8-6-10(13)16-17-11(8)14/h6-7,9H,2-5H2,1H3,(H,15,18). The lowest BCUT2D eigenvalue weighted by Gasteiger charge is -2.29. The summed E-state index contributed by atoms with van der Waals surface area (Å²) in [4.78, 5) is 12.1. The number of carbonyl (C=O) groups is 1. The molecule has 6 heteroatoms. The lowest BCUT2D eigenvalue weighted by atomic mass is 9.86. The molecule has 0 radical (unpaired) electrons. The molecule has 1 aliphatic carbocycles. The number of nitrogens with zero attached hydrogens (tertiary/aromatic N) is 2. The maximum absolute atomic E-state index is 12.1. The number of hydrogen-bond acceptors (Lipinski definition) is 3. The van der Waals surface area contributed by atoms with E-state index in [-0.39, 0.29) is 27.8 Å². The van der Waals surface area contributed by atoms with E-state index in [2.05, 4.69) is 22.4 Å². The van der Waals surface area contributed by atoms with Gasteiger partial charge < -0.3 is 5.32 Å². The Bertz CT molecular complexity index is 453. The van der Waals surface area contributed by atoms with Crippen LogP contribution in [0.15, 0.2) is 6.07 Å². The van der Waals surface area contributed by atoms with Crippen molar-refractivity contribution < 1.29 is 4.79 Å². The molecule has 2 rings (SSSR count). The molecule has 98 valence electrons. The summed E-state index contributed by atoms with van der Waals surface area (Å²) in [6, 6.07) is 1.65. The summed E-state index contributed by atoms with van der Waals surface area (Å²) in [5, 5.41) is 10.5. The summed E-state index contributed by atoms with van der Waals surface area (Å²) < 4.78 is 0. The zero-order valence-electron chi connectivity index (χ0n) is 10.1. The van der Waals surface area contributed by atoms with Crippen molar-refractivity contribution in [3.8, 4) is 0 Å². The summed E-state index contributed by atoms with van der Waals surface area (Å²) >= 11 is 11.6. The lowest BCUT2D eigenvalue weighted by molar-refractivity contribution is 0.0910. The second-order valence-electron chi connectivity index (χ2n) is 4.71. The molecule has 1 heterocycles. The molecule has 1 N–H and O–H groups in total. The fourth-order valence-corrected chi connectivity index (χ4v) is 2.61. The Labute approximate surface area is 116 Å². The first-order valence-electron chi connectivity index (χ1n) is 6.07. The van der Waals surface area contributed by atoms with Crippen LogP contribution in [-0.2, 0) is 0 Å². The molecule has 1 aromatic heterocycles. The minimum absolute atomic E-state index is 0.0837. The average molecular weight is 288 g/mol. The van der Waals surface area contributed by atoms with Gasteiger partial charge in [0.2, 0.25) is 0 Å². The van der Waals surface area contributed by atoms with Crippen molar-refractivity contribution in [3.63, 3.8) is 0 Å². The van der Waals surface area contributed by atoms with Crippen LogP contribution in [0.4, 0.5) is 0 Å². The normalized spacial score (nSPS) is 23.7. The number of amides is 1. The summed E-state index contributed by atoms with van der Waals surface area (Å²) in [5.41, 5.74) is 0.287. The third-order valence-electron chi connectivity index (χ3n) is 3.39. The minimum atomic E-state index is -0.226. The molecular formula is C12H15Cl2N3O. The van der Waals surface area contributed by atoms with Gasteiger partial charge in [-0.2, -0.15) is 0 Å². The van der Waals surface area contributed by atoms with Crippen LogP contribution >= 0.6 is 23.2 Å². The monoisotopic (exact) mass is 287 g/mol.